The molecule has 0 saturated carbocycles. The molecular weight excluding hydrogens is 251 g/mol. The van der Waals surface area contributed by atoms with Crippen molar-refractivity contribution in [2.45, 2.75) is 12.8 Å². The summed E-state index contributed by atoms with van der Waals surface area (Å²) in [6, 6.07) is 4.14. The fourth-order valence-corrected chi connectivity index (χ4v) is 1.92. The Morgan fingerprint density at radius 2 is 2.32 bits per heavy atom. The van der Waals surface area contributed by atoms with Crippen LogP contribution in [-0.2, 0) is 9.59 Å². The molecule has 5 nitrogen and oxygen atoms in total. The van der Waals surface area contributed by atoms with Crippen molar-refractivity contribution in [2.75, 3.05) is 19.0 Å². The molecule has 1 aromatic carbocycles. The Bertz CT molecular complexity index is 495. The van der Waals surface area contributed by atoms with Gasteiger partial charge in [-0.2, -0.15) is 0 Å². The molecule has 1 aromatic rings. The van der Waals surface area contributed by atoms with E-state index in [0.29, 0.717) is 18.6 Å². The summed E-state index contributed by atoms with van der Waals surface area (Å²) in [5.41, 5.74) is 0.0845. The zero-order chi connectivity index (χ0) is 13.8. The number of carbonyl (C=O) groups is 2. The standard InChI is InChI=1S/C13H15FN2O3/c1-19-9-3-4-10(14)11(6-9)16-13(18)8-2-5-12(17)15-7-8/h3-4,6,8H,2,5,7H2,1H3,(H,15,17)(H,16,18). The van der Waals surface area contributed by atoms with Gasteiger partial charge in [-0.1, -0.05) is 0 Å². The predicted molar refractivity (Wildman–Crippen MR) is 67.3 cm³/mol. The molecule has 1 unspecified atom stereocenters. The van der Waals surface area contributed by atoms with Crippen molar-refractivity contribution < 1.29 is 18.7 Å². The molecule has 2 N–H and O–H groups in total. The second-order valence-electron chi connectivity index (χ2n) is 4.37. The van der Waals surface area contributed by atoms with Gasteiger partial charge in [-0.3, -0.25) is 9.59 Å². The Labute approximate surface area is 110 Å². The maximum absolute atomic E-state index is 13.6. The molecule has 19 heavy (non-hydrogen) atoms. The lowest BCUT2D eigenvalue weighted by Gasteiger charge is -2.21. The number of anilines is 1. The first-order chi connectivity index (χ1) is 9.10. The SMILES string of the molecule is COc1ccc(F)c(NC(=O)C2CCC(=O)NC2)c1. The highest BCUT2D eigenvalue weighted by Crippen LogP contribution is 2.22. The molecule has 6 heteroatoms. The van der Waals surface area contributed by atoms with Crippen LogP contribution in [-0.4, -0.2) is 25.5 Å². The second kappa shape index (κ2) is 5.69. The van der Waals surface area contributed by atoms with Gasteiger partial charge in [0.2, 0.25) is 11.8 Å². The normalized spacial score (nSPS) is 18.6. The number of nitrogens with one attached hydrogen (secondary N) is 2. The third kappa shape index (κ3) is 3.21. The van der Waals surface area contributed by atoms with E-state index in [4.69, 9.17) is 4.74 Å². The van der Waals surface area contributed by atoms with Crippen molar-refractivity contribution in [3.05, 3.63) is 24.0 Å². The lowest BCUT2D eigenvalue weighted by atomic mass is 9.98. The summed E-state index contributed by atoms with van der Waals surface area (Å²) in [4.78, 5) is 23.0. The molecule has 0 bridgehead atoms. The van der Waals surface area contributed by atoms with Gasteiger partial charge in [-0.15, -0.1) is 0 Å². The molecule has 1 atom stereocenters. The van der Waals surface area contributed by atoms with Crippen LogP contribution < -0.4 is 15.4 Å². The Morgan fingerprint density at radius 3 is 2.95 bits per heavy atom. The number of rotatable bonds is 3. The van der Waals surface area contributed by atoms with Crippen LogP contribution in [0.3, 0.4) is 0 Å². The highest BCUT2D eigenvalue weighted by Gasteiger charge is 2.25. The summed E-state index contributed by atoms with van der Waals surface area (Å²) in [5, 5.41) is 5.14. The fourth-order valence-electron chi connectivity index (χ4n) is 1.92. The number of amides is 2. The highest BCUT2D eigenvalue weighted by molar-refractivity contribution is 5.94. The van der Waals surface area contributed by atoms with Gasteiger partial charge < -0.3 is 15.4 Å². The Morgan fingerprint density at radius 1 is 1.53 bits per heavy atom. The predicted octanol–water partition coefficient (Wildman–Crippen LogP) is 1.30. The van der Waals surface area contributed by atoms with E-state index in [1.807, 2.05) is 0 Å². The van der Waals surface area contributed by atoms with Crippen molar-refractivity contribution in [2.24, 2.45) is 5.92 Å². The van der Waals surface area contributed by atoms with Crippen LogP contribution in [0.25, 0.3) is 0 Å². The minimum absolute atomic E-state index is 0.0587. The Hall–Kier alpha value is -2.11. The van der Waals surface area contributed by atoms with Crippen LogP contribution in [0.15, 0.2) is 18.2 Å². The van der Waals surface area contributed by atoms with Crippen molar-refractivity contribution in [3.8, 4) is 5.75 Å². The van der Waals surface area contributed by atoms with Crippen LogP contribution in [0.1, 0.15) is 12.8 Å². The number of halogens is 1. The molecule has 102 valence electrons. The van der Waals surface area contributed by atoms with Gasteiger partial charge in [0.1, 0.15) is 11.6 Å². The first kappa shape index (κ1) is 13.3. The number of benzene rings is 1. The summed E-state index contributed by atoms with van der Waals surface area (Å²) in [6.07, 6.45) is 0.794. The molecule has 1 aliphatic heterocycles. The van der Waals surface area contributed by atoms with Crippen LogP contribution in [0.4, 0.5) is 10.1 Å². The molecule has 1 aliphatic rings. The molecule has 2 rings (SSSR count). The number of hydrogen-bond donors (Lipinski definition) is 2. The zero-order valence-electron chi connectivity index (χ0n) is 10.5. The molecule has 1 fully saturated rings. The molecule has 1 heterocycles. The Kier molecular flexibility index (Phi) is 3.99. The van der Waals surface area contributed by atoms with Gasteiger partial charge in [0, 0.05) is 19.0 Å². The average Bonchev–Trinajstić information content (AvgIpc) is 2.42. The number of piperidine rings is 1. The fraction of sp³-hybridized carbons (Fsp3) is 0.385. The monoisotopic (exact) mass is 266 g/mol. The third-order valence-electron chi connectivity index (χ3n) is 3.07. The minimum Gasteiger partial charge on any atom is -0.497 e. The summed E-state index contributed by atoms with van der Waals surface area (Å²) in [6.45, 7) is 0.288. The largest absolute Gasteiger partial charge is 0.497 e. The number of carbonyl (C=O) groups excluding carboxylic acids is 2. The van der Waals surface area contributed by atoms with E-state index in [1.54, 1.807) is 0 Å². The van der Waals surface area contributed by atoms with Crippen molar-refractivity contribution in [3.63, 3.8) is 0 Å². The van der Waals surface area contributed by atoms with Crippen LogP contribution in [0.2, 0.25) is 0 Å². The van der Waals surface area contributed by atoms with E-state index in [0.717, 1.165) is 0 Å². The van der Waals surface area contributed by atoms with E-state index in [-0.39, 0.29) is 30.0 Å². The first-order valence-corrected chi connectivity index (χ1v) is 6.01. The molecule has 0 spiro atoms. The average molecular weight is 266 g/mol. The van der Waals surface area contributed by atoms with E-state index >= 15 is 0 Å². The number of hydrogen-bond acceptors (Lipinski definition) is 3. The van der Waals surface area contributed by atoms with Crippen molar-refractivity contribution in [1.82, 2.24) is 5.32 Å². The molecule has 0 aromatic heterocycles. The zero-order valence-corrected chi connectivity index (χ0v) is 10.5. The van der Waals surface area contributed by atoms with Gasteiger partial charge in [0.25, 0.3) is 0 Å². The molecule has 2 amide bonds. The molecule has 0 radical (unpaired) electrons. The lowest BCUT2D eigenvalue weighted by Crippen LogP contribution is -2.40. The molecule has 1 saturated heterocycles. The summed E-state index contributed by atoms with van der Waals surface area (Å²) in [7, 11) is 1.47. The smallest absolute Gasteiger partial charge is 0.229 e. The van der Waals surface area contributed by atoms with E-state index in [2.05, 4.69) is 10.6 Å². The minimum atomic E-state index is -0.519. The van der Waals surface area contributed by atoms with Gasteiger partial charge in [0.15, 0.2) is 0 Å². The van der Waals surface area contributed by atoms with Gasteiger partial charge in [-0.25, -0.2) is 4.39 Å². The summed E-state index contributed by atoms with van der Waals surface area (Å²) >= 11 is 0. The second-order valence-corrected chi connectivity index (χ2v) is 4.37. The maximum Gasteiger partial charge on any atom is 0.229 e. The van der Waals surface area contributed by atoms with Crippen molar-refractivity contribution in [1.29, 1.82) is 0 Å². The maximum atomic E-state index is 13.6. The van der Waals surface area contributed by atoms with E-state index < -0.39 is 5.82 Å². The molecular formula is C13H15FN2O3. The van der Waals surface area contributed by atoms with Gasteiger partial charge in [-0.05, 0) is 18.6 Å². The third-order valence-corrected chi connectivity index (χ3v) is 3.07. The van der Waals surface area contributed by atoms with Gasteiger partial charge >= 0.3 is 0 Å². The molecule has 0 aliphatic carbocycles. The quantitative estimate of drug-likeness (QED) is 0.866. The highest BCUT2D eigenvalue weighted by atomic mass is 19.1. The Balaban J connectivity index is 2.04. The van der Waals surface area contributed by atoms with Crippen LogP contribution in [0, 0.1) is 11.7 Å². The summed E-state index contributed by atoms with van der Waals surface area (Å²) in [5.74, 6) is -0.741. The van der Waals surface area contributed by atoms with Crippen LogP contribution in [0.5, 0.6) is 5.75 Å². The van der Waals surface area contributed by atoms with Gasteiger partial charge in [0.05, 0.1) is 18.7 Å². The van der Waals surface area contributed by atoms with Crippen LogP contribution >= 0.6 is 0 Å². The first-order valence-electron chi connectivity index (χ1n) is 6.01. The summed E-state index contributed by atoms with van der Waals surface area (Å²) < 4.78 is 18.5. The number of methoxy groups -OCH3 is 1. The topological polar surface area (TPSA) is 67.4 Å². The number of ether oxygens (including phenoxy) is 1. The van der Waals surface area contributed by atoms with E-state index in [1.165, 1.54) is 25.3 Å². The van der Waals surface area contributed by atoms with Crippen molar-refractivity contribution >= 4 is 17.5 Å². The van der Waals surface area contributed by atoms with E-state index in [9.17, 15) is 14.0 Å². The lowest BCUT2D eigenvalue weighted by molar-refractivity contribution is -0.126.